The van der Waals surface area contributed by atoms with E-state index in [9.17, 15) is 0 Å². The van der Waals surface area contributed by atoms with E-state index in [-0.39, 0.29) is 38.8 Å². The van der Waals surface area contributed by atoms with Gasteiger partial charge >= 0.3 is 0 Å². The van der Waals surface area contributed by atoms with E-state index in [1.165, 1.54) is 12.5 Å². The topological polar surface area (TPSA) is 77.8 Å². The molecule has 0 saturated heterocycles. The first kappa shape index (κ1) is 39.3. The van der Waals surface area contributed by atoms with Crippen LogP contribution >= 0.6 is 24.0 Å². The molecule has 0 aliphatic carbocycles. The Hall–Kier alpha value is 0.187. The number of hydroxylamine groups is 2. The Balaban J connectivity index is -0.0000000509. The van der Waals surface area contributed by atoms with E-state index in [1.54, 1.807) is 26.2 Å². The summed E-state index contributed by atoms with van der Waals surface area (Å²) >= 11 is 0. The lowest BCUT2D eigenvalue weighted by Crippen LogP contribution is -2.20. The van der Waals surface area contributed by atoms with E-state index in [0.29, 0.717) is 13.2 Å². The fourth-order valence-electron chi connectivity index (χ4n) is 0.987. The molecule has 0 aliphatic heterocycles. The van der Waals surface area contributed by atoms with E-state index in [4.69, 9.17) is 4.84 Å². The van der Waals surface area contributed by atoms with Crippen molar-refractivity contribution in [1.29, 1.82) is 0 Å². The second kappa shape index (κ2) is 34.5. The first-order valence-corrected chi connectivity index (χ1v) is 10.7. The molecular weight excluding hydrogens is 437 g/mol. The second-order valence-corrected chi connectivity index (χ2v) is 10.8. The van der Waals surface area contributed by atoms with Gasteiger partial charge in [-0.05, 0) is 6.42 Å². The molecule has 0 aromatic rings. The fourth-order valence-corrected chi connectivity index (χ4v) is 2.19. The Morgan fingerprint density at radius 3 is 1.62 bits per heavy atom. The molecule has 0 fully saturated rings. The molecular formula is C16H44IN3O3Si. The van der Waals surface area contributed by atoms with Crippen LogP contribution in [-0.2, 0) is 14.5 Å². The van der Waals surface area contributed by atoms with Crippen molar-refractivity contribution in [3.8, 4) is 0 Å². The molecule has 0 aromatic heterocycles. The highest BCUT2D eigenvalue weighted by Crippen LogP contribution is 2.10. The van der Waals surface area contributed by atoms with Crippen molar-refractivity contribution in [3.63, 3.8) is 0 Å². The Morgan fingerprint density at radius 2 is 1.42 bits per heavy atom. The summed E-state index contributed by atoms with van der Waals surface area (Å²) in [6.45, 7) is 15.8. The van der Waals surface area contributed by atoms with Gasteiger partial charge in [-0.1, -0.05) is 52.7 Å². The second-order valence-electron chi connectivity index (χ2n) is 5.14. The molecule has 0 saturated carbocycles. The Labute approximate surface area is 169 Å². The van der Waals surface area contributed by atoms with Crippen molar-refractivity contribution in [2.24, 2.45) is 5.90 Å². The number of rotatable bonds is 10. The summed E-state index contributed by atoms with van der Waals surface area (Å²) in [5.74, 6) is 4.57. The van der Waals surface area contributed by atoms with Crippen LogP contribution in [0.1, 0.15) is 21.3 Å². The van der Waals surface area contributed by atoms with Gasteiger partial charge in [-0.25, -0.2) is 16.9 Å². The van der Waals surface area contributed by atoms with E-state index in [1.807, 2.05) is 0 Å². The molecule has 0 unspecified atom stereocenters. The molecule has 0 spiro atoms. The number of hydrogen-bond donors (Lipinski definition) is 3. The average molecular weight is 482 g/mol. The zero-order valence-corrected chi connectivity index (χ0v) is 18.1. The molecule has 24 heavy (non-hydrogen) atoms. The molecule has 6 nitrogen and oxygen atoms in total. The Kier molecular flexibility index (Phi) is 56.5. The Morgan fingerprint density at radius 1 is 0.958 bits per heavy atom. The summed E-state index contributed by atoms with van der Waals surface area (Å²) in [5.41, 5.74) is 5.17. The molecule has 4 N–H and O–H groups in total. The van der Waals surface area contributed by atoms with Crippen LogP contribution in [0.2, 0.25) is 25.7 Å². The molecule has 0 aromatic carbocycles. The summed E-state index contributed by atoms with van der Waals surface area (Å²) in [6.07, 6.45) is 4.45. The fraction of sp³-hybridized carbons (Fsp3) is 0.750. The summed E-state index contributed by atoms with van der Waals surface area (Å²) < 4.78 is 0. The van der Waals surface area contributed by atoms with E-state index in [2.05, 4.69) is 59.3 Å². The van der Waals surface area contributed by atoms with Crippen LogP contribution in [0.4, 0.5) is 0 Å². The minimum atomic E-state index is -0.815. The highest BCUT2D eigenvalue weighted by Gasteiger charge is 2.11. The van der Waals surface area contributed by atoms with Crippen molar-refractivity contribution in [2.75, 3.05) is 33.9 Å². The average Bonchev–Trinajstić information content (AvgIpc) is 2.43. The van der Waals surface area contributed by atoms with Gasteiger partial charge in [-0.2, -0.15) is 0 Å². The van der Waals surface area contributed by atoms with Gasteiger partial charge in [0.1, 0.15) is 0 Å². The normalized spacial score (nSPS) is 8.58. The number of hydrogen-bond acceptors (Lipinski definition) is 6. The third-order valence-corrected chi connectivity index (χ3v) is 3.73. The van der Waals surface area contributed by atoms with Gasteiger partial charge < -0.3 is 9.68 Å². The van der Waals surface area contributed by atoms with Crippen LogP contribution in [-0.4, -0.2) is 42.0 Å². The quantitative estimate of drug-likeness (QED) is 0.143. The first-order valence-electron chi connectivity index (χ1n) is 7.00. The predicted molar refractivity (Wildman–Crippen MR) is 122 cm³/mol. The van der Waals surface area contributed by atoms with Crippen LogP contribution in [0.15, 0.2) is 25.3 Å². The highest BCUT2D eigenvalue weighted by molar-refractivity contribution is 14.0. The monoisotopic (exact) mass is 481 g/mol. The molecule has 0 rings (SSSR count). The first-order chi connectivity index (χ1) is 9.89. The smallest absolute Gasteiger partial charge is 0.0860 e. The SMILES string of the molecule is C.C.C=CCON.C=CCONC.CNOCCC[Si](C)(C)C.I. The number of nitrogens with one attached hydrogen (secondary N) is 2. The third-order valence-electron chi connectivity index (χ3n) is 1.88. The molecule has 0 heterocycles. The Bertz CT molecular complexity index is 219. The van der Waals surface area contributed by atoms with E-state index >= 15 is 0 Å². The highest BCUT2D eigenvalue weighted by atomic mass is 127. The maximum absolute atomic E-state index is 5.00. The summed E-state index contributed by atoms with van der Waals surface area (Å²) in [5, 5.41) is 0. The van der Waals surface area contributed by atoms with Crippen LogP contribution < -0.4 is 16.9 Å². The minimum Gasteiger partial charge on any atom is -0.302 e. The van der Waals surface area contributed by atoms with Gasteiger partial charge in [0.05, 0.1) is 19.8 Å². The van der Waals surface area contributed by atoms with Gasteiger partial charge in [0.2, 0.25) is 0 Å². The van der Waals surface area contributed by atoms with E-state index < -0.39 is 8.07 Å². The van der Waals surface area contributed by atoms with Crippen molar-refractivity contribution in [1.82, 2.24) is 11.0 Å². The number of halogens is 1. The van der Waals surface area contributed by atoms with Crippen molar-refractivity contribution in [2.45, 2.75) is 47.0 Å². The maximum atomic E-state index is 5.00. The molecule has 0 aliphatic rings. The summed E-state index contributed by atoms with van der Waals surface area (Å²) in [6, 6.07) is 1.36. The van der Waals surface area contributed by atoms with Crippen molar-refractivity contribution >= 4 is 32.1 Å². The summed E-state index contributed by atoms with van der Waals surface area (Å²) in [7, 11) is 2.70. The lowest BCUT2D eigenvalue weighted by atomic mass is 10.5. The minimum absolute atomic E-state index is 0. The lowest BCUT2D eigenvalue weighted by Gasteiger charge is -2.14. The molecule has 152 valence electrons. The van der Waals surface area contributed by atoms with E-state index in [0.717, 1.165) is 6.61 Å². The predicted octanol–water partition coefficient (Wildman–Crippen LogP) is 4.14. The molecule has 8 heteroatoms. The van der Waals surface area contributed by atoms with Gasteiger partial charge in [0, 0.05) is 22.2 Å². The molecule has 0 radical (unpaired) electrons. The standard InChI is InChI=1S/C7H19NOSi.C4H9NO.C3H7NO.2CH4.HI/c1-8-9-6-5-7-10(2,3)4;1-3-4-6-5-2;1-2-3-5-4;;;/h8H,5-7H2,1-4H3;3,5H,1,4H2,2H3;2H,1,3-4H2;2*1H4;1H. The maximum Gasteiger partial charge on any atom is 0.0860 e. The molecule has 0 atom stereocenters. The lowest BCUT2D eigenvalue weighted by molar-refractivity contribution is 0.0584. The zero-order chi connectivity index (χ0) is 17.0. The van der Waals surface area contributed by atoms with Gasteiger partial charge in [0.25, 0.3) is 0 Å². The molecule has 0 bridgehead atoms. The van der Waals surface area contributed by atoms with Crippen LogP contribution in [0.3, 0.4) is 0 Å². The van der Waals surface area contributed by atoms with Crippen LogP contribution in [0.25, 0.3) is 0 Å². The third kappa shape index (κ3) is 67.1. The largest absolute Gasteiger partial charge is 0.302 e. The zero-order valence-electron chi connectivity index (χ0n) is 14.8. The summed E-state index contributed by atoms with van der Waals surface area (Å²) in [4.78, 5) is 13.7. The van der Waals surface area contributed by atoms with Gasteiger partial charge in [0.15, 0.2) is 0 Å². The van der Waals surface area contributed by atoms with Crippen LogP contribution in [0, 0.1) is 0 Å². The van der Waals surface area contributed by atoms with Gasteiger partial charge in [-0.15, -0.1) is 37.1 Å². The van der Waals surface area contributed by atoms with Gasteiger partial charge in [-0.3, -0.25) is 4.84 Å². The molecule has 0 amide bonds. The van der Waals surface area contributed by atoms with Crippen LogP contribution in [0.5, 0.6) is 0 Å². The van der Waals surface area contributed by atoms with Crippen molar-refractivity contribution in [3.05, 3.63) is 25.3 Å². The number of nitrogens with two attached hydrogens (primary N) is 1. The van der Waals surface area contributed by atoms with Crippen molar-refractivity contribution < 1.29 is 14.5 Å².